The molecule has 0 aliphatic heterocycles. The zero-order chi connectivity index (χ0) is 6.41. The molecule has 0 atom stereocenters. The summed E-state index contributed by atoms with van der Waals surface area (Å²) in [5, 5.41) is 0. The van der Waals surface area contributed by atoms with E-state index in [2.05, 4.69) is 11.6 Å². The fourth-order valence-electron chi connectivity index (χ4n) is 0.182. The molecule has 3 nitrogen and oxygen atoms in total. The molecule has 0 aliphatic rings. The Morgan fingerprint density at radius 2 is 2.25 bits per heavy atom. The van der Waals surface area contributed by atoms with E-state index in [1.54, 1.807) is 0 Å². The average molecular weight is 111 g/mol. The quantitative estimate of drug-likeness (QED) is 0.388. The van der Waals surface area contributed by atoms with E-state index in [1.165, 1.54) is 18.5 Å². The van der Waals surface area contributed by atoms with Crippen LogP contribution in [0.2, 0.25) is 0 Å². The third kappa shape index (κ3) is 2.96. The number of nitrogens with zero attached hydrogens (tertiary/aromatic N) is 1. The molecule has 0 heterocycles. The normalized spacial score (nSPS) is 12.2. The second-order valence-corrected chi connectivity index (χ2v) is 1.10. The van der Waals surface area contributed by atoms with Crippen LogP contribution in [0.5, 0.6) is 0 Å². The van der Waals surface area contributed by atoms with Gasteiger partial charge in [-0.2, -0.15) is 0 Å². The zero-order valence-corrected chi connectivity index (χ0v) is 4.54. The first-order valence-corrected chi connectivity index (χ1v) is 2.13. The maximum Gasteiger partial charge on any atom is 0.122 e. The van der Waals surface area contributed by atoms with Crippen LogP contribution >= 0.6 is 0 Å². The molecule has 0 rings (SSSR count). The Morgan fingerprint density at radius 3 is 2.62 bits per heavy atom. The van der Waals surface area contributed by atoms with Gasteiger partial charge in [-0.3, -0.25) is 0 Å². The molecule has 0 aliphatic carbocycles. The largest absolute Gasteiger partial charge is 0.403 e. The van der Waals surface area contributed by atoms with Gasteiger partial charge in [0.25, 0.3) is 0 Å². The molecule has 44 valence electrons. The zero-order valence-electron chi connectivity index (χ0n) is 4.54. The lowest BCUT2D eigenvalue weighted by Gasteiger charge is -1.82. The highest BCUT2D eigenvalue weighted by atomic mass is 14.8. The van der Waals surface area contributed by atoms with E-state index in [0.717, 1.165) is 0 Å². The van der Waals surface area contributed by atoms with Crippen LogP contribution < -0.4 is 11.5 Å². The average Bonchev–Trinajstić information content (AvgIpc) is 1.83. The van der Waals surface area contributed by atoms with Crippen molar-refractivity contribution >= 4 is 5.84 Å². The lowest BCUT2D eigenvalue weighted by molar-refractivity contribution is 1.46. The molecule has 0 fully saturated rings. The molecule has 0 unspecified atom stereocenters. The van der Waals surface area contributed by atoms with Crippen molar-refractivity contribution in [3.63, 3.8) is 0 Å². The molecule has 0 spiro atoms. The minimum atomic E-state index is 0.367. The molecule has 0 aromatic rings. The number of rotatable bonds is 2. The van der Waals surface area contributed by atoms with Gasteiger partial charge in [-0.1, -0.05) is 6.58 Å². The number of amidine groups is 1. The summed E-state index contributed by atoms with van der Waals surface area (Å²) >= 11 is 0. The summed E-state index contributed by atoms with van der Waals surface area (Å²) in [6.07, 6.45) is 4.15. The van der Waals surface area contributed by atoms with Gasteiger partial charge >= 0.3 is 0 Å². The Kier molecular flexibility index (Phi) is 3.31. The number of hydrogen-bond acceptors (Lipinski definition) is 2. The van der Waals surface area contributed by atoms with Gasteiger partial charge in [0, 0.05) is 12.4 Å². The topological polar surface area (TPSA) is 64.4 Å². The van der Waals surface area contributed by atoms with Crippen molar-refractivity contribution in [2.24, 2.45) is 16.5 Å². The molecule has 8 heavy (non-hydrogen) atoms. The van der Waals surface area contributed by atoms with Crippen LogP contribution in [0.25, 0.3) is 0 Å². The van der Waals surface area contributed by atoms with Crippen LogP contribution in [-0.2, 0) is 0 Å². The molecule has 0 bridgehead atoms. The van der Waals surface area contributed by atoms with E-state index in [9.17, 15) is 0 Å². The Morgan fingerprint density at radius 1 is 1.62 bits per heavy atom. The van der Waals surface area contributed by atoms with E-state index in [0.29, 0.717) is 5.84 Å². The molecule has 3 heteroatoms. The molecule has 0 aromatic heterocycles. The van der Waals surface area contributed by atoms with E-state index in [4.69, 9.17) is 11.5 Å². The SMILES string of the molecule is C=C/C(N)=N/C=C\N. The van der Waals surface area contributed by atoms with Gasteiger partial charge in [-0.15, -0.1) is 0 Å². The molecular formula is C5H9N3. The third-order valence-corrected chi connectivity index (χ3v) is 0.519. The Balaban J connectivity index is 3.74. The lowest BCUT2D eigenvalue weighted by atomic mass is 10.6. The van der Waals surface area contributed by atoms with Crippen LogP contribution in [-0.4, -0.2) is 5.84 Å². The summed E-state index contributed by atoms with van der Waals surface area (Å²) in [4.78, 5) is 3.63. The maximum atomic E-state index is 5.18. The van der Waals surface area contributed by atoms with Gasteiger partial charge in [0.15, 0.2) is 0 Å². The summed E-state index contributed by atoms with van der Waals surface area (Å²) in [6, 6.07) is 0. The number of aliphatic imine (C=N–C) groups is 1. The van der Waals surface area contributed by atoms with Crippen LogP contribution in [0.15, 0.2) is 30.0 Å². The van der Waals surface area contributed by atoms with Crippen molar-refractivity contribution in [3.8, 4) is 0 Å². The third-order valence-electron chi connectivity index (χ3n) is 0.519. The predicted molar refractivity (Wildman–Crippen MR) is 35.1 cm³/mol. The first-order valence-electron chi connectivity index (χ1n) is 2.13. The van der Waals surface area contributed by atoms with E-state index in [1.807, 2.05) is 0 Å². The minimum absolute atomic E-state index is 0.367. The van der Waals surface area contributed by atoms with Gasteiger partial charge in [-0.05, 0) is 6.08 Å². The second-order valence-electron chi connectivity index (χ2n) is 1.10. The van der Waals surface area contributed by atoms with E-state index >= 15 is 0 Å². The predicted octanol–water partition coefficient (Wildman–Crippen LogP) is -0.0405. The summed E-state index contributed by atoms with van der Waals surface area (Å²) in [7, 11) is 0. The van der Waals surface area contributed by atoms with Gasteiger partial charge in [-0.25, -0.2) is 4.99 Å². The molecule has 0 saturated carbocycles. The Hall–Kier alpha value is -1.25. The summed E-state index contributed by atoms with van der Waals surface area (Å²) < 4.78 is 0. The highest BCUT2D eigenvalue weighted by Crippen LogP contribution is 1.71. The van der Waals surface area contributed by atoms with Crippen LogP contribution in [0.1, 0.15) is 0 Å². The smallest absolute Gasteiger partial charge is 0.122 e. The molecular weight excluding hydrogens is 102 g/mol. The van der Waals surface area contributed by atoms with Crippen molar-refractivity contribution in [3.05, 3.63) is 25.1 Å². The Labute approximate surface area is 48.4 Å². The van der Waals surface area contributed by atoms with Crippen molar-refractivity contribution in [2.75, 3.05) is 0 Å². The van der Waals surface area contributed by atoms with Gasteiger partial charge in [0.1, 0.15) is 5.84 Å². The van der Waals surface area contributed by atoms with Crippen molar-refractivity contribution in [1.29, 1.82) is 0 Å². The summed E-state index contributed by atoms with van der Waals surface area (Å²) in [5.74, 6) is 0.367. The van der Waals surface area contributed by atoms with Crippen molar-refractivity contribution in [2.45, 2.75) is 0 Å². The fraction of sp³-hybridized carbons (Fsp3) is 0. The standard InChI is InChI=1S/C5H9N3/c1-2-5(7)8-4-3-6/h2-4H,1,6H2,(H2,7,8)/b4-3-. The van der Waals surface area contributed by atoms with Crippen LogP contribution in [0.4, 0.5) is 0 Å². The van der Waals surface area contributed by atoms with Gasteiger partial charge in [0.2, 0.25) is 0 Å². The van der Waals surface area contributed by atoms with E-state index < -0.39 is 0 Å². The molecule has 0 aromatic carbocycles. The molecule has 0 amide bonds. The minimum Gasteiger partial charge on any atom is -0.403 e. The monoisotopic (exact) mass is 111 g/mol. The van der Waals surface area contributed by atoms with Gasteiger partial charge in [0.05, 0.1) is 0 Å². The fourth-order valence-corrected chi connectivity index (χ4v) is 0.182. The van der Waals surface area contributed by atoms with Crippen LogP contribution in [0, 0.1) is 0 Å². The summed E-state index contributed by atoms with van der Waals surface area (Å²) in [5.41, 5.74) is 10.1. The second kappa shape index (κ2) is 3.92. The number of nitrogens with two attached hydrogens (primary N) is 2. The highest BCUT2D eigenvalue weighted by Gasteiger charge is 1.72. The Bertz CT molecular complexity index is 124. The molecule has 0 saturated heterocycles. The van der Waals surface area contributed by atoms with E-state index in [-0.39, 0.29) is 0 Å². The first-order chi connectivity index (χ1) is 3.81. The first kappa shape index (κ1) is 6.75. The summed E-state index contributed by atoms with van der Waals surface area (Å²) in [6.45, 7) is 3.38. The lowest BCUT2D eigenvalue weighted by Crippen LogP contribution is -2.05. The highest BCUT2D eigenvalue weighted by molar-refractivity contribution is 5.91. The van der Waals surface area contributed by atoms with Gasteiger partial charge < -0.3 is 11.5 Å². The maximum absolute atomic E-state index is 5.18. The molecule has 4 N–H and O–H groups in total. The van der Waals surface area contributed by atoms with Crippen LogP contribution in [0.3, 0.4) is 0 Å². The number of hydrogen-bond donors (Lipinski definition) is 2. The van der Waals surface area contributed by atoms with Crippen molar-refractivity contribution < 1.29 is 0 Å². The molecule has 0 radical (unpaired) electrons. The van der Waals surface area contributed by atoms with Crippen molar-refractivity contribution in [1.82, 2.24) is 0 Å².